The molecule has 0 bridgehead atoms. The summed E-state index contributed by atoms with van der Waals surface area (Å²) in [5.41, 5.74) is 2.99. The van der Waals surface area contributed by atoms with Crippen LogP contribution < -0.4 is 0 Å². The summed E-state index contributed by atoms with van der Waals surface area (Å²) in [4.78, 5) is 19.2. The summed E-state index contributed by atoms with van der Waals surface area (Å²) in [6.07, 6.45) is 0. The third-order valence-electron chi connectivity index (χ3n) is 4.47. The molecular weight excluding hydrogens is 364 g/mol. The van der Waals surface area contributed by atoms with Gasteiger partial charge in [0.25, 0.3) is 5.91 Å². The summed E-state index contributed by atoms with van der Waals surface area (Å²) in [7, 11) is 0. The molecule has 0 aliphatic carbocycles. The van der Waals surface area contributed by atoms with E-state index in [9.17, 15) is 4.79 Å². The van der Waals surface area contributed by atoms with E-state index in [-0.39, 0.29) is 11.9 Å². The summed E-state index contributed by atoms with van der Waals surface area (Å²) in [6, 6.07) is 16.3. The number of hydrogen-bond donors (Lipinski definition) is 0. The summed E-state index contributed by atoms with van der Waals surface area (Å²) in [5.74, 6) is 0.939. The maximum absolute atomic E-state index is 12.7. The van der Waals surface area contributed by atoms with Gasteiger partial charge in [0.15, 0.2) is 4.34 Å². The van der Waals surface area contributed by atoms with Gasteiger partial charge in [0, 0.05) is 17.9 Å². The summed E-state index contributed by atoms with van der Waals surface area (Å²) in [6.45, 7) is 3.92. The van der Waals surface area contributed by atoms with Gasteiger partial charge in [-0.25, -0.2) is 4.98 Å². The third kappa shape index (κ3) is 3.77. The zero-order valence-electron chi connectivity index (χ0n) is 14.6. The normalized spacial score (nSPS) is 17.6. The second-order valence-corrected chi connectivity index (χ2v) is 8.61. The Labute approximate surface area is 161 Å². The van der Waals surface area contributed by atoms with E-state index in [1.165, 1.54) is 10.3 Å². The molecule has 2 aromatic carbocycles. The highest BCUT2D eigenvalue weighted by molar-refractivity contribution is 8.00. The van der Waals surface area contributed by atoms with Crippen LogP contribution in [-0.2, 0) is 10.5 Å². The Kier molecular flexibility index (Phi) is 5.24. The van der Waals surface area contributed by atoms with Crippen molar-refractivity contribution in [2.24, 2.45) is 0 Å². The molecule has 1 atom stereocenters. The van der Waals surface area contributed by atoms with Crippen LogP contribution in [0.15, 0.2) is 52.9 Å². The second-order valence-electron chi connectivity index (χ2n) is 6.36. The lowest BCUT2D eigenvalue weighted by molar-refractivity contribution is 0.00359. The van der Waals surface area contributed by atoms with Crippen LogP contribution in [0.1, 0.15) is 22.8 Å². The Hall–Kier alpha value is -1.89. The summed E-state index contributed by atoms with van der Waals surface area (Å²) < 4.78 is 7.71. The van der Waals surface area contributed by atoms with E-state index in [4.69, 9.17) is 4.74 Å². The van der Waals surface area contributed by atoms with Gasteiger partial charge in [0.1, 0.15) is 0 Å². The van der Waals surface area contributed by atoms with Crippen molar-refractivity contribution in [3.8, 4) is 0 Å². The fourth-order valence-electron chi connectivity index (χ4n) is 3.00. The number of rotatable bonds is 4. The smallest absolute Gasteiger partial charge is 0.254 e. The zero-order chi connectivity index (χ0) is 17.9. The van der Waals surface area contributed by atoms with Gasteiger partial charge in [0.2, 0.25) is 0 Å². The molecule has 4 nitrogen and oxygen atoms in total. The molecule has 0 saturated carbocycles. The molecular formula is C20H20N2O2S2. The number of aromatic nitrogens is 1. The van der Waals surface area contributed by atoms with Gasteiger partial charge >= 0.3 is 0 Å². The molecule has 0 radical (unpaired) electrons. The van der Waals surface area contributed by atoms with Crippen LogP contribution >= 0.6 is 23.1 Å². The van der Waals surface area contributed by atoms with Crippen LogP contribution in [0, 0.1) is 0 Å². The average Bonchev–Trinajstić information content (AvgIpc) is 3.10. The molecule has 1 aliphatic rings. The molecule has 0 spiro atoms. The highest BCUT2D eigenvalue weighted by Crippen LogP contribution is 2.31. The van der Waals surface area contributed by atoms with Crippen molar-refractivity contribution < 1.29 is 9.53 Å². The van der Waals surface area contributed by atoms with E-state index < -0.39 is 0 Å². The molecule has 1 aliphatic heterocycles. The molecule has 6 heteroatoms. The van der Waals surface area contributed by atoms with Crippen LogP contribution in [0.4, 0.5) is 0 Å². The van der Waals surface area contributed by atoms with Crippen molar-refractivity contribution in [3.63, 3.8) is 0 Å². The maximum Gasteiger partial charge on any atom is 0.254 e. The van der Waals surface area contributed by atoms with Crippen molar-refractivity contribution >= 4 is 39.2 Å². The Morgan fingerprint density at radius 2 is 2.08 bits per heavy atom. The lowest BCUT2D eigenvalue weighted by Gasteiger charge is -2.33. The van der Waals surface area contributed by atoms with Gasteiger partial charge in [0.05, 0.1) is 29.5 Å². The number of ether oxygens (including phenoxy) is 1. The molecule has 0 N–H and O–H groups in total. The molecule has 2 heterocycles. The third-order valence-corrected chi connectivity index (χ3v) is 6.72. The lowest BCUT2D eigenvalue weighted by atomic mass is 10.1. The number of nitrogens with zero attached hydrogens (tertiary/aromatic N) is 2. The molecule has 1 unspecified atom stereocenters. The SMILES string of the molecule is CC1COCCN1C(=O)c1ccc(CSc2nc3ccccc3s2)cc1. The number of carbonyl (C=O) groups is 1. The van der Waals surface area contributed by atoms with Gasteiger partial charge in [-0.3, -0.25) is 4.79 Å². The predicted molar refractivity (Wildman–Crippen MR) is 107 cm³/mol. The number of hydrogen-bond acceptors (Lipinski definition) is 5. The van der Waals surface area contributed by atoms with Crippen LogP contribution in [0.3, 0.4) is 0 Å². The molecule has 1 saturated heterocycles. The average molecular weight is 385 g/mol. The van der Waals surface area contributed by atoms with Crippen molar-refractivity contribution in [1.82, 2.24) is 9.88 Å². The fourth-order valence-corrected chi connectivity index (χ4v) is 5.02. The van der Waals surface area contributed by atoms with E-state index in [2.05, 4.69) is 11.1 Å². The number of carbonyl (C=O) groups excluding carboxylic acids is 1. The molecule has 4 rings (SSSR count). The van der Waals surface area contributed by atoms with E-state index in [1.54, 1.807) is 23.1 Å². The zero-order valence-corrected chi connectivity index (χ0v) is 16.2. The van der Waals surface area contributed by atoms with Crippen molar-refractivity contribution in [2.45, 2.75) is 23.1 Å². The predicted octanol–water partition coefficient (Wildman–Crippen LogP) is 4.45. The van der Waals surface area contributed by atoms with E-state index >= 15 is 0 Å². The number of fused-ring (bicyclic) bond motifs is 1. The fraction of sp³-hybridized carbons (Fsp3) is 0.300. The monoisotopic (exact) mass is 384 g/mol. The second kappa shape index (κ2) is 7.78. The highest BCUT2D eigenvalue weighted by Gasteiger charge is 2.24. The maximum atomic E-state index is 12.7. The summed E-state index contributed by atoms with van der Waals surface area (Å²) in [5, 5.41) is 0. The van der Waals surface area contributed by atoms with E-state index in [0.29, 0.717) is 19.8 Å². The number of thioether (sulfide) groups is 1. The van der Waals surface area contributed by atoms with Crippen molar-refractivity contribution in [2.75, 3.05) is 19.8 Å². The largest absolute Gasteiger partial charge is 0.377 e. The Morgan fingerprint density at radius 1 is 1.27 bits per heavy atom. The first-order chi connectivity index (χ1) is 12.7. The first-order valence-corrected chi connectivity index (χ1v) is 10.5. The van der Waals surface area contributed by atoms with Crippen molar-refractivity contribution in [3.05, 3.63) is 59.7 Å². The first-order valence-electron chi connectivity index (χ1n) is 8.67. The Bertz CT molecular complexity index is 875. The first kappa shape index (κ1) is 17.5. The van der Waals surface area contributed by atoms with E-state index in [1.807, 2.05) is 54.3 Å². The van der Waals surface area contributed by atoms with Crippen LogP contribution in [0.25, 0.3) is 10.2 Å². The molecule has 1 fully saturated rings. The molecule has 26 heavy (non-hydrogen) atoms. The van der Waals surface area contributed by atoms with Crippen molar-refractivity contribution in [1.29, 1.82) is 0 Å². The molecule has 1 amide bonds. The minimum absolute atomic E-state index is 0.0891. The Morgan fingerprint density at radius 3 is 2.85 bits per heavy atom. The highest BCUT2D eigenvalue weighted by atomic mass is 32.2. The van der Waals surface area contributed by atoms with Gasteiger partial charge in [-0.15, -0.1) is 11.3 Å². The number of thiazole rings is 1. The quantitative estimate of drug-likeness (QED) is 0.623. The Balaban J connectivity index is 1.40. The topological polar surface area (TPSA) is 42.4 Å². The number of morpholine rings is 1. The molecule has 1 aromatic heterocycles. The lowest BCUT2D eigenvalue weighted by Crippen LogP contribution is -2.47. The van der Waals surface area contributed by atoms with Gasteiger partial charge in [-0.1, -0.05) is 36.0 Å². The number of para-hydroxylation sites is 1. The van der Waals surface area contributed by atoms with Gasteiger partial charge in [-0.05, 0) is 36.8 Å². The van der Waals surface area contributed by atoms with Gasteiger partial charge < -0.3 is 9.64 Å². The minimum atomic E-state index is 0.0891. The van der Waals surface area contributed by atoms with Crippen LogP contribution in [0.2, 0.25) is 0 Å². The van der Waals surface area contributed by atoms with E-state index in [0.717, 1.165) is 21.2 Å². The molecule has 3 aromatic rings. The number of benzene rings is 2. The van der Waals surface area contributed by atoms with Crippen LogP contribution in [0.5, 0.6) is 0 Å². The standard InChI is InChI=1S/C20H20N2O2S2/c1-14-12-24-11-10-22(14)19(23)16-8-6-15(7-9-16)13-25-20-21-17-4-2-3-5-18(17)26-20/h2-9,14H,10-13H2,1H3. The molecule has 134 valence electrons. The van der Waals surface area contributed by atoms with Crippen LogP contribution in [-0.4, -0.2) is 41.6 Å². The summed E-state index contributed by atoms with van der Waals surface area (Å²) >= 11 is 3.46. The number of amides is 1. The van der Waals surface area contributed by atoms with Gasteiger partial charge in [-0.2, -0.15) is 0 Å². The minimum Gasteiger partial charge on any atom is -0.377 e.